The number of anilines is 2. The van der Waals surface area contributed by atoms with Crippen molar-refractivity contribution in [3.8, 4) is 5.88 Å². The van der Waals surface area contributed by atoms with Gasteiger partial charge >= 0.3 is 26.0 Å². The fraction of sp³-hybridized carbons (Fsp3) is 0.517. The molecule has 9 rings (SSSR count). The van der Waals surface area contributed by atoms with E-state index >= 15 is 0 Å². The van der Waals surface area contributed by atoms with E-state index in [1.807, 2.05) is 134 Å². The number of rotatable bonds is 4. The van der Waals surface area contributed by atoms with E-state index < -0.39 is 22.9 Å². The maximum Gasteiger partial charge on any atom is 0.570 e. The average molecular weight is 1640 g/mol. The molecule has 6 aromatic rings. The van der Waals surface area contributed by atoms with Crippen LogP contribution in [0.15, 0.2) is 89.7 Å². The summed E-state index contributed by atoms with van der Waals surface area (Å²) < 4.78 is 29.3. The Bertz CT molecular complexity index is 2800. The zero-order chi connectivity index (χ0) is 57.8. The number of carbonyl (C=O) groups is 3. The smallest absolute Gasteiger partial charge is 0.524 e. The topological polar surface area (TPSA) is 142 Å². The second kappa shape index (κ2) is 34.1. The second-order valence-corrected chi connectivity index (χ2v) is 36.6. The van der Waals surface area contributed by atoms with Crippen molar-refractivity contribution in [2.75, 3.05) is 49.1 Å². The molecule has 3 aliphatic heterocycles. The van der Waals surface area contributed by atoms with E-state index in [0.29, 0.717) is 12.6 Å². The van der Waals surface area contributed by atoms with Crippen molar-refractivity contribution in [2.45, 2.75) is 150 Å². The summed E-state index contributed by atoms with van der Waals surface area (Å²) in [5.41, 5.74) is 3.15. The molecule has 3 fully saturated rings. The minimum absolute atomic E-state index is 0. The normalized spacial score (nSPS) is 14.6. The molecule has 0 spiro atoms. The molecule has 79 heavy (non-hydrogen) atoms. The van der Waals surface area contributed by atoms with Gasteiger partial charge in [0.2, 0.25) is 0 Å². The largest absolute Gasteiger partial charge is 0.570 e. The number of nitrogens with zero attached hydrogens (tertiary/aromatic N) is 5. The SMILES string of the molecule is C1CCNCC1.CC(C)(C)OC(=O)n1c(O[B]O)cc2c(N3CCCCC3)cccc21.CC(C)(C)OC(=O)n1ccc2c(Br)cccc21.CC(C)(C)OC(=O)n1ccc2c(N3CCCCC3)cccc21.CC(I)(I)I.C[CH-]I.[V]. The number of alkyl halides is 3. The third-order valence-electron chi connectivity index (χ3n) is 11.7. The molecule has 3 aromatic heterocycles. The first kappa shape index (κ1) is 71.3. The number of halogens is 5. The van der Waals surface area contributed by atoms with Crippen molar-refractivity contribution < 1.29 is 56.8 Å². The summed E-state index contributed by atoms with van der Waals surface area (Å²) in [5, 5.41) is 15.4. The Hall–Kier alpha value is -1.94. The van der Waals surface area contributed by atoms with Crippen molar-refractivity contribution in [3.05, 3.63) is 94.1 Å². The predicted octanol–water partition coefficient (Wildman–Crippen LogP) is 17.2. The monoisotopic (exact) mass is 1640 g/mol. The van der Waals surface area contributed by atoms with Gasteiger partial charge in [0.15, 0.2) is 5.88 Å². The molecule has 3 saturated heterocycles. The van der Waals surface area contributed by atoms with Gasteiger partial charge in [-0.25, -0.2) is 19.0 Å². The first-order chi connectivity index (χ1) is 36.7. The molecule has 3 aliphatic rings. The summed E-state index contributed by atoms with van der Waals surface area (Å²) in [6.07, 6.45) is 13.9. The van der Waals surface area contributed by atoms with Gasteiger partial charge in [0.1, 0.15) is 16.2 Å². The molecule has 14 nitrogen and oxygen atoms in total. The van der Waals surface area contributed by atoms with Crippen LogP contribution in [0.3, 0.4) is 0 Å². The van der Waals surface area contributed by atoms with Crippen molar-refractivity contribution in [1.82, 2.24) is 19.0 Å². The zero-order valence-electron chi connectivity index (χ0n) is 47.7. The molecule has 0 saturated carbocycles. The zero-order valence-corrected chi connectivity index (χ0v) is 59.3. The van der Waals surface area contributed by atoms with E-state index in [-0.39, 0.29) is 36.6 Å². The fourth-order valence-corrected chi connectivity index (χ4v) is 9.16. The van der Waals surface area contributed by atoms with Gasteiger partial charge in [-0.3, -0.25) is 13.6 Å². The molecule has 434 valence electrons. The quantitative estimate of drug-likeness (QED) is 0.0573. The summed E-state index contributed by atoms with van der Waals surface area (Å²) >= 11 is 12.7. The molecular weight excluding hydrogens is 1560 g/mol. The van der Waals surface area contributed by atoms with Crippen LogP contribution in [0.1, 0.15) is 134 Å². The van der Waals surface area contributed by atoms with Crippen molar-refractivity contribution in [1.29, 1.82) is 0 Å². The van der Waals surface area contributed by atoms with E-state index in [1.165, 1.54) is 72.9 Å². The predicted molar refractivity (Wildman–Crippen MR) is 360 cm³/mol. The van der Waals surface area contributed by atoms with Gasteiger partial charge in [-0.05, 0) is 182 Å². The molecule has 2 radical (unpaired) electrons. The standard InChI is InChI=1S/C18H24BN2O4.C18H24N2O2.C13H14BrNO2.C5H11N.C2H3I3.C2H4I.V/c1-18(2,3)24-17(22)21-15-9-7-8-14(20-10-5-4-6-11-20)13(15)12-16(21)25-19-23;1-18(2,3)22-17(21)20-13-10-14-15(8-7-9-16(14)20)19-11-5-4-6-12-19;1-13(2,3)17-12(16)15-8-7-9-10(14)5-4-6-11(9)15;1-2-4-6-5-3-1;1-2(3,4)5;1-2-3;/h7-9,12,23H,4-6,10-11H2,1-3H3;7-10,13H,4-6,11-12H2,1-3H3;4-8H,1-3H3;6H,1-5H2;1H3;2H,1H3;/q;;;;;-1;. The Balaban J connectivity index is 0.000000278. The van der Waals surface area contributed by atoms with Gasteiger partial charge in [0.25, 0.3) is 0 Å². The van der Waals surface area contributed by atoms with Gasteiger partial charge in [-0.15, -0.1) is 0 Å². The Labute approximate surface area is 545 Å². The van der Waals surface area contributed by atoms with E-state index in [4.69, 9.17) is 23.9 Å². The maximum atomic E-state index is 12.7. The summed E-state index contributed by atoms with van der Waals surface area (Å²) in [5.74, 6) is 0.233. The van der Waals surface area contributed by atoms with Crippen LogP contribution in [0, 0.1) is 4.43 Å². The van der Waals surface area contributed by atoms with Crippen molar-refractivity contribution in [2.24, 2.45) is 0 Å². The third kappa shape index (κ3) is 24.7. The van der Waals surface area contributed by atoms with E-state index in [9.17, 15) is 14.4 Å². The van der Waals surface area contributed by atoms with E-state index in [1.54, 1.807) is 16.8 Å². The van der Waals surface area contributed by atoms with Crippen molar-refractivity contribution >= 4 is 176 Å². The number of nitrogens with one attached hydrogen (secondary N) is 1. The first-order valence-electron chi connectivity index (χ1n) is 26.6. The van der Waals surface area contributed by atoms with Gasteiger partial charge in [0.05, 0.1) is 16.6 Å². The van der Waals surface area contributed by atoms with Crippen LogP contribution in [0.5, 0.6) is 5.88 Å². The Kier molecular flexibility index (Phi) is 30.8. The van der Waals surface area contributed by atoms with Gasteiger partial charge in [-0.1, -0.05) is 108 Å². The van der Waals surface area contributed by atoms with Crippen LogP contribution < -0.4 is 19.8 Å². The molecule has 0 amide bonds. The molecule has 0 atom stereocenters. The third-order valence-corrected chi connectivity index (χ3v) is 12.4. The summed E-state index contributed by atoms with van der Waals surface area (Å²) in [7, 11) is 0.579. The van der Waals surface area contributed by atoms with Crippen molar-refractivity contribution in [3.63, 3.8) is 0 Å². The Morgan fingerprint density at radius 2 is 0.962 bits per heavy atom. The molecule has 21 heteroatoms. The Morgan fingerprint density at radius 1 is 0.582 bits per heavy atom. The number of carbonyl (C=O) groups excluding carboxylic acids is 3. The van der Waals surface area contributed by atoms with Gasteiger partial charge < -0.3 is 61.6 Å². The van der Waals surface area contributed by atoms with Crippen LogP contribution in [0.4, 0.5) is 25.8 Å². The number of fused-ring (bicyclic) bond motifs is 3. The van der Waals surface area contributed by atoms with Crippen LogP contribution in [-0.4, -0.2) is 100 Å². The number of benzene rings is 3. The first-order valence-corrected chi connectivity index (χ1v) is 31.9. The number of hydrogen-bond donors (Lipinski definition) is 2. The second-order valence-electron chi connectivity index (χ2n) is 21.9. The molecule has 0 aliphatic carbocycles. The molecule has 0 unspecified atom stereocenters. The maximum absolute atomic E-state index is 12.7. The van der Waals surface area contributed by atoms with Gasteiger partial charge in [0, 0.05) is 95.2 Å². The minimum Gasteiger partial charge on any atom is -0.524 e. The van der Waals surface area contributed by atoms with E-state index in [2.05, 4.69) is 140 Å². The molecule has 3 aromatic carbocycles. The summed E-state index contributed by atoms with van der Waals surface area (Å²) in [6, 6.07) is 23.4. The van der Waals surface area contributed by atoms with Crippen LogP contribution in [-0.2, 0) is 32.8 Å². The average Bonchev–Trinajstić information content (AvgIpc) is 4.11. The minimum atomic E-state index is -0.627. The molecule has 0 bridgehead atoms. The van der Waals surface area contributed by atoms with Crippen LogP contribution in [0.25, 0.3) is 32.7 Å². The van der Waals surface area contributed by atoms with E-state index in [0.717, 1.165) is 76.4 Å². The van der Waals surface area contributed by atoms with Gasteiger partial charge in [-0.2, -0.15) is 6.92 Å². The summed E-state index contributed by atoms with van der Waals surface area (Å²) in [4.78, 5) is 41.7. The molecular formula is C58H80BBrI4N6O8V-. The van der Waals surface area contributed by atoms with Crippen LogP contribution >= 0.6 is 106 Å². The fourth-order valence-electron chi connectivity index (χ4n) is 8.67. The summed E-state index contributed by atoms with van der Waals surface area (Å²) in [6.45, 7) is 27.5. The number of piperidine rings is 3. The molecule has 2 N–H and O–H groups in total. The number of aromatic nitrogens is 3. The number of hydrogen-bond acceptors (Lipinski definition) is 11. The molecule has 6 heterocycles. The number of ether oxygens (including phenoxy) is 3. The van der Waals surface area contributed by atoms with Crippen LogP contribution in [0.2, 0.25) is 0 Å². The Morgan fingerprint density at radius 3 is 1.37 bits per heavy atom.